The van der Waals surface area contributed by atoms with Crippen LogP contribution in [0.15, 0.2) is 45.4 Å². The van der Waals surface area contributed by atoms with Crippen LogP contribution >= 0.6 is 11.6 Å². The molecule has 0 aliphatic rings. The van der Waals surface area contributed by atoms with Gasteiger partial charge in [-0.15, -0.1) is 10.2 Å². The SMILES string of the molecule is CCCN(CC(=O)Nc1cc(Cl)ccc1OC)Cc1nnc(-c2ccco2)o1. The van der Waals surface area contributed by atoms with Crippen molar-refractivity contribution >= 4 is 23.2 Å². The Hall–Kier alpha value is -2.84. The smallest absolute Gasteiger partial charge is 0.283 e. The molecule has 0 spiro atoms. The fourth-order valence-electron chi connectivity index (χ4n) is 2.71. The van der Waals surface area contributed by atoms with Crippen molar-refractivity contribution in [2.45, 2.75) is 19.9 Å². The van der Waals surface area contributed by atoms with E-state index in [-0.39, 0.29) is 12.5 Å². The molecule has 1 N–H and O–H groups in total. The van der Waals surface area contributed by atoms with Crippen LogP contribution in [-0.4, -0.2) is 41.2 Å². The monoisotopic (exact) mass is 404 g/mol. The van der Waals surface area contributed by atoms with Gasteiger partial charge in [0.05, 0.1) is 32.1 Å². The molecule has 0 aliphatic heterocycles. The van der Waals surface area contributed by atoms with E-state index in [0.29, 0.717) is 47.1 Å². The maximum atomic E-state index is 12.5. The molecule has 2 heterocycles. The number of amides is 1. The molecular weight excluding hydrogens is 384 g/mol. The van der Waals surface area contributed by atoms with E-state index in [9.17, 15) is 4.79 Å². The summed E-state index contributed by atoms with van der Waals surface area (Å²) in [7, 11) is 1.54. The van der Waals surface area contributed by atoms with Crippen molar-refractivity contribution in [2.24, 2.45) is 0 Å². The molecule has 0 unspecified atom stereocenters. The Kier molecular flexibility index (Phi) is 6.67. The predicted molar refractivity (Wildman–Crippen MR) is 104 cm³/mol. The molecule has 2 aromatic heterocycles. The van der Waals surface area contributed by atoms with Crippen LogP contribution in [0.2, 0.25) is 5.02 Å². The van der Waals surface area contributed by atoms with Crippen molar-refractivity contribution in [1.29, 1.82) is 0 Å². The standard InChI is InChI=1S/C19H21ClN4O4/c1-3-8-24(12-18-22-23-19(28-18)16-5-4-9-27-16)11-17(25)21-14-10-13(20)6-7-15(14)26-2/h4-7,9-10H,3,8,11-12H2,1-2H3,(H,21,25). The molecule has 0 bridgehead atoms. The molecule has 0 saturated carbocycles. The normalized spacial score (nSPS) is 11.0. The molecule has 0 fully saturated rings. The van der Waals surface area contributed by atoms with E-state index < -0.39 is 0 Å². The fourth-order valence-corrected chi connectivity index (χ4v) is 2.88. The number of aromatic nitrogens is 2. The van der Waals surface area contributed by atoms with Gasteiger partial charge in [-0.3, -0.25) is 9.69 Å². The van der Waals surface area contributed by atoms with Crippen molar-refractivity contribution in [1.82, 2.24) is 15.1 Å². The maximum Gasteiger partial charge on any atom is 0.283 e. The zero-order chi connectivity index (χ0) is 19.9. The first-order valence-corrected chi connectivity index (χ1v) is 9.19. The summed E-state index contributed by atoms with van der Waals surface area (Å²) in [5.41, 5.74) is 0.523. The van der Waals surface area contributed by atoms with Gasteiger partial charge in [-0.1, -0.05) is 18.5 Å². The Morgan fingerprint density at radius 1 is 1.32 bits per heavy atom. The Labute approximate surface area is 167 Å². The summed E-state index contributed by atoms with van der Waals surface area (Å²) < 4.78 is 16.1. The molecule has 1 aromatic carbocycles. The number of halogens is 1. The summed E-state index contributed by atoms with van der Waals surface area (Å²) in [6.45, 7) is 3.23. The van der Waals surface area contributed by atoms with Crippen molar-refractivity contribution < 1.29 is 18.4 Å². The lowest BCUT2D eigenvalue weighted by Crippen LogP contribution is -2.33. The third-order valence-corrected chi connectivity index (χ3v) is 4.14. The third-order valence-electron chi connectivity index (χ3n) is 3.90. The van der Waals surface area contributed by atoms with Gasteiger partial charge in [0.15, 0.2) is 5.76 Å². The first-order chi connectivity index (χ1) is 13.6. The molecule has 3 aromatic rings. The maximum absolute atomic E-state index is 12.5. The number of methoxy groups -OCH3 is 1. The van der Waals surface area contributed by atoms with Crippen molar-refractivity contribution in [2.75, 3.05) is 25.5 Å². The van der Waals surface area contributed by atoms with Gasteiger partial charge in [-0.25, -0.2) is 0 Å². The van der Waals surface area contributed by atoms with Crippen LogP contribution < -0.4 is 10.1 Å². The quantitative estimate of drug-likeness (QED) is 0.579. The lowest BCUT2D eigenvalue weighted by molar-refractivity contribution is -0.117. The molecule has 9 heteroatoms. The molecule has 1 amide bonds. The minimum Gasteiger partial charge on any atom is -0.495 e. The lowest BCUT2D eigenvalue weighted by Gasteiger charge is -2.19. The van der Waals surface area contributed by atoms with Crippen LogP contribution in [0.1, 0.15) is 19.2 Å². The van der Waals surface area contributed by atoms with Crippen molar-refractivity contribution in [3.63, 3.8) is 0 Å². The summed E-state index contributed by atoms with van der Waals surface area (Å²) in [5.74, 6) is 1.57. The van der Waals surface area contributed by atoms with E-state index in [4.69, 9.17) is 25.2 Å². The average Bonchev–Trinajstić information content (AvgIpc) is 3.33. The molecule has 0 atom stereocenters. The Morgan fingerprint density at radius 2 is 2.18 bits per heavy atom. The second-order valence-corrected chi connectivity index (χ2v) is 6.52. The predicted octanol–water partition coefficient (Wildman–Crippen LogP) is 3.84. The summed E-state index contributed by atoms with van der Waals surface area (Å²) in [5, 5.41) is 11.4. The molecule has 0 radical (unpaired) electrons. The van der Waals surface area contributed by atoms with Gasteiger partial charge >= 0.3 is 0 Å². The molecular formula is C19H21ClN4O4. The number of nitrogens with one attached hydrogen (secondary N) is 1. The number of ether oxygens (including phenoxy) is 1. The topological polar surface area (TPSA) is 93.6 Å². The lowest BCUT2D eigenvalue weighted by atomic mass is 10.3. The fraction of sp³-hybridized carbons (Fsp3) is 0.316. The van der Waals surface area contributed by atoms with Crippen LogP contribution in [0.4, 0.5) is 5.69 Å². The summed E-state index contributed by atoms with van der Waals surface area (Å²) in [6.07, 6.45) is 2.41. The number of benzene rings is 1. The van der Waals surface area contributed by atoms with E-state index >= 15 is 0 Å². The number of rotatable bonds is 9. The summed E-state index contributed by atoms with van der Waals surface area (Å²) in [4.78, 5) is 14.4. The summed E-state index contributed by atoms with van der Waals surface area (Å²) in [6, 6.07) is 8.54. The molecule has 3 rings (SSSR count). The van der Waals surface area contributed by atoms with E-state index in [2.05, 4.69) is 15.5 Å². The minimum atomic E-state index is -0.195. The van der Waals surface area contributed by atoms with Crippen LogP contribution in [-0.2, 0) is 11.3 Å². The van der Waals surface area contributed by atoms with E-state index in [0.717, 1.165) is 6.42 Å². The van der Waals surface area contributed by atoms with Gasteiger partial charge in [-0.2, -0.15) is 0 Å². The Morgan fingerprint density at radius 3 is 2.89 bits per heavy atom. The molecule has 0 saturated heterocycles. The van der Waals surface area contributed by atoms with Crippen LogP contribution in [0.25, 0.3) is 11.7 Å². The van der Waals surface area contributed by atoms with Crippen molar-refractivity contribution in [3.8, 4) is 17.4 Å². The van der Waals surface area contributed by atoms with Gasteiger partial charge in [0.25, 0.3) is 5.89 Å². The number of carbonyl (C=O) groups is 1. The molecule has 0 aliphatic carbocycles. The first kappa shape index (κ1) is 19.9. The highest BCUT2D eigenvalue weighted by Crippen LogP contribution is 2.27. The van der Waals surface area contributed by atoms with E-state index in [1.165, 1.54) is 13.4 Å². The van der Waals surface area contributed by atoms with Crippen molar-refractivity contribution in [3.05, 3.63) is 47.5 Å². The minimum absolute atomic E-state index is 0.155. The number of furan rings is 1. The van der Waals surface area contributed by atoms with Crippen LogP contribution in [0.5, 0.6) is 5.75 Å². The number of hydrogen-bond donors (Lipinski definition) is 1. The van der Waals surface area contributed by atoms with Gasteiger partial charge in [0.2, 0.25) is 11.8 Å². The molecule has 8 nitrogen and oxygen atoms in total. The Balaban J connectivity index is 1.64. The zero-order valence-corrected chi connectivity index (χ0v) is 16.4. The second-order valence-electron chi connectivity index (χ2n) is 6.08. The summed E-state index contributed by atoms with van der Waals surface area (Å²) >= 11 is 6.01. The van der Waals surface area contributed by atoms with E-state index in [1.807, 2.05) is 11.8 Å². The first-order valence-electron chi connectivity index (χ1n) is 8.81. The highest BCUT2D eigenvalue weighted by molar-refractivity contribution is 6.31. The van der Waals surface area contributed by atoms with Crippen LogP contribution in [0, 0.1) is 0 Å². The van der Waals surface area contributed by atoms with Gasteiger partial charge in [0, 0.05) is 5.02 Å². The third kappa shape index (κ3) is 5.11. The van der Waals surface area contributed by atoms with Crippen LogP contribution in [0.3, 0.4) is 0 Å². The average molecular weight is 405 g/mol. The highest BCUT2D eigenvalue weighted by atomic mass is 35.5. The zero-order valence-electron chi connectivity index (χ0n) is 15.6. The van der Waals surface area contributed by atoms with Gasteiger partial charge in [0.1, 0.15) is 5.75 Å². The Bertz CT molecular complexity index is 911. The molecule has 148 valence electrons. The van der Waals surface area contributed by atoms with Gasteiger partial charge < -0.3 is 18.9 Å². The largest absolute Gasteiger partial charge is 0.495 e. The van der Waals surface area contributed by atoms with E-state index in [1.54, 1.807) is 30.3 Å². The second kappa shape index (κ2) is 9.38. The highest BCUT2D eigenvalue weighted by Gasteiger charge is 2.17. The number of anilines is 1. The molecule has 28 heavy (non-hydrogen) atoms. The number of hydrogen-bond acceptors (Lipinski definition) is 7. The number of nitrogens with zero attached hydrogens (tertiary/aromatic N) is 3. The van der Waals surface area contributed by atoms with Gasteiger partial charge in [-0.05, 0) is 43.3 Å². The number of carbonyl (C=O) groups excluding carboxylic acids is 1.